The molecule has 2 atom stereocenters. The van der Waals surface area contributed by atoms with Crippen LogP contribution in [0.2, 0.25) is 0 Å². The first-order chi connectivity index (χ1) is 8.09. The van der Waals surface area contributed by atoms with Crippen LogP contribution in [-0.4, -0.2) is 18.1 Å². The molecule has 0 heterocycles. The predicted octanol–water partition coefficient (Wildman–Crippen LogP) is 1.81. The van der Waals surface area contributed by atoms with Gasteiger partial charge < -0.3 is 16.2 Å². The third-order valence-electron chi connectivity index (χ3n) is 3.00. The number of carbonyl (C=O) groups is 1. The summed E-state index contributed by atoms with van der Waals surface area (Å²) in [6.07, 6.45) is 2.92. The minimum Gasteiger partial charge on any atom is -0.488 e. The van der Waals surface area contributed by atoms with E-state index in [1.54, 1.807) is 12.1 Å². The summed E-state index contributed by atoms with van der Waals surface area (Å²) in [5.74, 6) is 0.00766. The van der Waals surface area contributed by atoms with Crippen molar-refractivity contribution < 1.29 is 9.53 Å². The summed E-state index contributed by atoms with van der Waals surface area (Å²) in [6, 6.07) is 5.36. The van der Waals surface area contributed by atoms with Crippen LogP contribution in [0.3, 0.4) is 0 Å². The van der Waals surface area contributed by atoms with Gasteiger partial charge in [-0.3, -0.25) is 4.79 Å². The maximum atomic E-state index is 11.4. The van der Waals surface area contributed by atoms with Gasteiger partial charge in [-0.15, -0.1) is 0 Å². The molecule has 17 heavy (non-hydrogen) atoms. The fourth-order valence-corrected chi connectivity index (χ4v) is 2.65. The third-order valence-corrected chi connectivity index (χ3v) is 3.66. The monoisotopic (exact) mass is 298 g/mol. The number of rotatable bonds is 3. The lowest BCUT2D eigenvalue weighted by Crippen LogP contribution is -2.34. The number of nitrogens with two attached hydrogens (primary N) is 2. The van der Waals surface area contributed by atoms with Crippen molar-refractivity contribution in [1.82, 2.24) is 0 Å². The van der Waals surface area contributed by atoms with E-state index in [-0.39, 0.29) is 12.1 Å². The van der Waals surface area contributed by atoms with Crippen molar-refractivity contribution >= 4 is 21.8 Å². The summed E-state index contributed by atoms with van der Waals surface area (Å²) in [6.45, 7) is 0. The number of ether oxygens (including phenoxy) is 1. The quantitative estimate of drug-likeness (QED) is 0.893. The van der Waals surface area contributed by atoms with E-state index in [1.165, 1.54) is 0 Å². The maximum Gasteiger partial charge on any atom is 0.253 e. The van der Waals surface area contributed by atoms with Crippen LogP contribution < -0.4 is 16.2 Å². The highest BCUT2D eigenvalue weighted by Crippen LogP contribution is 2.30. The summed E-state index contributed by atoms with van der Waals surface area (Å²) in [5.41, 5.74) is 11.7. The molecule has 1 aliphatic carbocycles. The average Bonchev–Trinajstić information content (AvgIpc) is 2.64. The Labute approximate surface area is 108 Å². The van der Waals surface area contributed by atoms with Crippen molar-refractivity contribution in [2.75, 3.05) is 0 Å². The van der Waals surface area contributed by atoms with Crippen molar-refractivity contribution in [3.63, 3.8) is 0 Å². The van der Waals surface area contributed by atoms with Gasteiger partial charge in [0.2, 0.25) is 0 Å². The Morgan fingerprint density at radius 1 is 1.41 bits per heavy atom. The van der Waals surface area contributed by atoms with E-state index in [0.29, 0.717) is 15.8 Å². The Morgan fingerprint density at radius 3 is 2.76 bits per heavy atom. The first-order valence-electron chi connectivity index (χ1n) is 5.60. The zero-order valence-electron chi connectivity index (χ0n) is 9.36. The Morgan fingerprint density at radius 2 is 2.18 bits per heavy atom. The van der Waals surface area contributed by atoms with Crippen molar-refractivity contribution in [2.45, 2.75) is 31.4 Å². The van der Waals surface area contributed by atoms with E-state index in [4.69, 9.17) is 16.2 Å². The molecule has 1 aromatic carbocycles. The Balaban J connectivity index is 2.26. The molecule has 0 spiro atoms. The molecule has 5 heteroatoms. The molecule has 0 aromatic heterocycles. The molecular formula is C12H15BrN2O2. The second-order valence-corrected chi connectivity index (χ2v) is 5.08. The average molecular weight is 299 g/mol. The fourth-order valence-electron chi connectivity index (χ4n) is 2.11. The lowest BCUT2D eigenvalue weighted by Gasteiger charge is -2.19. The molecule has 0 saturated heterocycles. The van der Waals surface area contributed by atoms with Crippen LogP contribution in [0.5, 0.6) is 5.75 Å². The van der Waals surface area contributed by atoms with E-state index in [9.17, 15) is 4.79 Å². The lowest BCUT2D eigenvalue weighted by molar-refractivity contribution is 0.0991. The van der Waals surface area contributed by atoms with E-state index in [0.717, 1.165) is 19.3 Å². The highest BCUT2D eigenvalue weighted by atomic mass is 79.9. The molecule has 1 aromatic rings. The molecular weight excluding hydrogens is 284 g/mol. The first kappa shape index (κ1) is 12.4. The van der Waals surface area contributed by atoms with Gasteiger partial charge in [0.1, 0.15) is 11.9 Å². The number of hydrogen-bond donors (Lipinski definition) is 2. The van der Waals surface area contributed by atoms with Gasteiger partial charge in [0.05, 0.1) is 5.56 Å². The Hall–Kier alpha value is -1.07. The molecule has 92 valence electrons. The lowest BCUT2D eigenvalue weighted by atomic mass is 10.1. The standard InChI is InChI=1S/C12H15BrN2O2/c13-7-3-1-6-10(11(7)12(15)16)17-9-5-2-4-8(9)14/h1,3,6,8-9H,2,4-5,14H2,(H2,15,16). The van der Waals surface area contributed by atoms with Gasteiger partial charge in [-0.05, 0) is 47.3 Å². The van der Waals surface area contributed by atoms with Gasteiger partial charge in [0.15, 0.2) is 0 Å². The van der Waals surface area contributed by atoms with Gasteiger partial charge in [-0.25, -0.2) is 0 Å². The number of halogens is 1. The molecule has 1 fully saturated rings. The van der Waals surface area contributed by atoms with E-state index in [1.807, 2.05) is 6.07 Å². The third kappa shape index (κ3) is 2.61. The normalized spacial score (nSPS) is 23.6. The molecule has 4 nitrogen and oxygen atoms in total. The van der Waals surface area contributed by atoms with Gasteiger partial charge in [0.25, 0.3) is 5.91 Å². The molecule has 2 rings (SSSR count). The van der Waals surface area contributed by atoms with Crippen LogP contribution in [0.1, 0.15) is 29.6 Å². The number of hydrogen-bond acceptors (Lipinski definition) is 3. The Bertz CT molecular complexity index is 437. The van der Waals surface area contributed by atoms with Crippen LogP contribution in [0.15, 0.2) is 22.7 Å². The van der Waals surface area contributed by atoms with Crippen molar-refractivity contribution in [3.05, 3.63) is 28.2 Å². The number of benzene rings is 1. The smallest absolute Gasteiger partial charge is 0.253 e. The van der Waals surface area contributed by atoms with Crippen molar-refractivity contribution in [1.29, 1.82) is 0 Å². The topological polar surface area (TPSA) is 78.3 Å². The summed E-state index contributed by atoms with van der Waals surface area (Å²) >= 11 is 3.30. The zero-order valence-corrected chi connectivity index (χ0v) is 10.9. The maximum absolute atomic E-state index is 11.4. The Kier molecular flexibility index (Phi) is 3.69. The second-order valence-electron chi connectivity index (χ2n) is 4.23. The van der Waals surface area contributed by atoms with E-state index >= 15 is 0 Å². The molecule has 0 radical (unpaired) electrons. The molecule has 1 aliphatic rings. The minimum absolute atomic E-state index is 0.0256. The van der Waals surface area contributed by atoms with Crippen LogP contribution in [-0.2, 0) is 0 Å². The van der Waals surface area contributed by atoms with Crippen molar-refractivity contribution in [2.24, 2.45) is 11.5 Å². The van der Waals surface area contributed by atoms with E-state index < -0.39 is 5.91 Å². The highest BCUT2D eigenvalue weighted by Gasteiger charge is 2.27. The summed E-state index contributed by atoms with van der Waals surface area (Å²) in [4.78, 5) is 11.4. The van der Waals surface area contributed by atoms with Crippen LogP contribution in [0.4, 0.5) is 0 Å². The predicted molar refractivity (Wildman–Crippen MR) is 68.9 cm³/mol. The molecule has 0 bridgehead atoms. The van der Waals surface area contributed by atoms with Gasteiger partial charge in [0, 0.05) is 10.5 Å². The summed E-state index contributed by atoms with van der Waals surface area (Å²) < 4.78 is 6.45. The fraction of sp³-hybridized carbons (Fsp3) is 0.417. The van der Waals surface area contributed by atoms with Gasteiger partial charge >= 0.3 is 0 Å². The molecule has 2 unspecified atom stereocenters. The van der Waals surface area contributed by atoms with Crippen LogP contribution in [0, 0.1) is 0 Å². The van der Waals surface area contributed by atoms with Gasteiger partial charge in [-0.1, -0.05) is 6.07 Å². The highest BCUT2D eigenvalue weighted by molar-refractivity contribution is 9.10. The number of amides is 1. The molecule has 4 N–H and O–H groups in total. The number of carbonyl (C=O) groups excluding carboxylic acids is 1. The van der Waals surface area contributed by atoms with Crippen LogP contribution >= 0.6 is 15.9 Å². The first-order valence-corrected chi connectivity index (χ1v) is 6.39. The summed E-state index contributed by atoms with van der Waals surface area (Å²) in [7, 11) is 0. The van der Waals surface area contributed by atoms with E-state index in [2.05, 4.69) is 15.9 Å². The minimum atomic E-state index is -0.501. The van der Waals surface area contributed by atoms with Crippen molar-refractivity contribution in [3.8, 4) is 5.75 Å². The largest absolute Gasteiger partial charge is 0.488 e. The number of primary amides is 1. The molecule has 1 amide bonds. The second kappa shape index (κ2) is 5.06. The summed E-state index contributed by atoms with van der Waals surface area (Å²) in [5, 5.41) is 0. The van der Waals surface area contributed by atoms with Crippen LogP contribution in [0.25, 0.3) is 0 Å². The molecule has 1 saturated carbocycles. The SMILES string of the molecule is NC(=O)c1c(Br)cccc1OC1CCCC1N. The zero-order chi connectivity index (χ0) is 12.4. The van der Waals surface area contributed by atoms with Gasteiger partial charge in [-0.2, -0.15) is 0 Å². The molecule has 0 aliphatic heterocycles.